The molecule has 0 radical (unpaired) electrons. The lowest BCUT2D eigenvalue weighted by Crippen LogP contribution is -2.49. The van der Waals surface area contributed by atoms with Crippen molar-refractivity contribution in [3.8, 4) is 0 Å². The van der Waals surface area contributed by atoms with E-state index in [4.69, 9.17) is 4.74 Å². The largest absolute Gasteiger partial charge is 0.377 e. The van der Waals surface area contributed by atoms with Gasteiger partial charge in [0.05, 0.1) is 6.10 Å². The van der Waals surface area contributed by atoms with E-state index in [0.717, 1.165) is 19.1 Å². The molecule has 3 unspecified atom stereocenters. The second kappa shape index (κ2) is 7.24. The second-order valence-electron chi connectivity index (χ2n) is 7.54. The van der Waals surface area contributed by atoms with Crippen LogP contribution in [0, 0.1) is 11.3 Å². The van der Waals surface area contributed by atoms with E-state index in [0.29, 0.717) is 17.6 Å². The van der Waals surface area contributed by atoms with E-state index < -0.39 is 0 Å². The van der Waals surface area contributed by atoms with Crippen LogP contribution in [-0.4, -0.2) is 50.3 Å². The van der Waals surface area contributed by atoms with Crippen LogP contribution < -0.4 is 5.32 Å². The molecule has 2 fully saturated rings. The third-order valence-corrected chi connectivity index (χ3v) is 5.24. The zero-order valence-corrected chi connectivity index (χ0v) is 14.0. The monoisotopic (exact) mass is 282 g/mol. The van der Waals surface area contributed by atoms with E-state index in [1.165, 1.54) is 45.2 Å². The highest BCUT2D eigenvalue weighted by atomic mass is 16.5. The molecule has 118 valence electrons. The molecule has 0 aromatic carbocycles. The number of rotatable bonds is 5. The van der Waals surface area contributed by atoms with Crippen LogP contribution in [0.2, 0.25) is 0 Å². The average Bonchev–Trinajstić information content (AvgIpc) is 2.39. The lowest BCUT2D eigenvalue weighted by Gasteiger charge is -2.44. The average molecular weight is 282 g/mol. The van der Waals surface area contributed by atoms with Gasteiger partial charge in [-0.1, -0.05) is 13.8 Å². The maximum Gasteiger partial charge on any atom is 0.0702 e. The van der Waals surface area contributed by atoms with Crippen LogP contribution in [0.15, 0.2) is 0 Å². The molecule has 1 aliphatic carbocycles. The van der Waals surface area contributed by atoms with Crippen LogP contribution in [0.1, 0.15) is 52.9 Å². The first-order valence-corrected chi connectivity index (χ1v) is 8.55. The highest BCUT2D eigenvalue weighted by Crippen LogP contribution is 2.39. The Morgan fingerprint density at radius 1 is 1.30 bits per heavy atom. The molecule has 20 heavy (non-hydrogen) atoms. The fraction of sp³-hybridized carbons (Fsp3) is 1.00. The molecule has 1 saturated heterocycles. The number of nitrogens with one attached hydrogen (secondary N) is 1. The summed E-state index contributed by atoms with van der Waals surface area (Å²) in [7, 11) is 2.13. The number of ether oxygens (including phenoxy) is 1. The van der Waals surface area contributed by atoms with Crippen LogP contribution in [0.5, 0.6) is 0 Å². The smallest absolute Gasteiger partial charge is 0.0702 e. The Morgan fingerprint density at radius 3 is 2.80 bits per heavy atom. The van der Waals surface area contributed by atoms with Crippen molar-refractivity contribution < 1.29 is 4.74 Å². The Morgan fingerprint density at radius 2 is 2.10 bits per heavy atom. The van der Waals surface area contributed by atoms with Gasteiger partial charge in [0.2, 0.25) is 0 Å². The summed E-state index contributed by atoms with van der Waals surface area (Å²) in [5, 5.41) is 3.56. The van der Waals surface area contributed by atoms with Crippen LogP contribution in [0.4, 0.5) is 0 Å². The van der Waals surface area contributed by atoms with Gasteiger partial charge in [-0.05, 0) is 64.0 Å². The van der Waals surface area contributed by atoms with E-state index in [-0.39, 0.29) is 0 Å². The van der Waals surface area contributed by atoms with Crippen molar-refractivity contribution in [2.75, 3.05) is 33.3 Å². The topological polar surface area (TPSA) is 24.5 Å². The van der Waals surface area contributed by atoms with E-state index in [2.05, 4.69) is 38.0 Å². The van der Waals surface area contributed by atoms with Crippen LogP contribution in [0.3, 0.4) is 0 Å². The van der Waals surface area contributed by atoms with Crippen molar-refractivity contribution in [2.45, 2.75) is 65.0 Å². The SMILES string of the molecule is CCOC1CCCN(CC2CC(C)(C)CCC2NC)C1. The highest BCUT2D eigenvalue weighted by molar-refractivity contribution is 4.90. The molecule has 0 bridgehead atoms. The summed E-state index contributed by atoms with van der Waals surface area (Å²) < 4.78 is 5.84. The summed E-state index contributed by atoms with van der Waals surface area (Å²) >= 11 is 0. The molecule has 0 amide bonds. The van der Waals surface area contributed by atoms with Crippen molar-refractivity contribution in [1.29, 1.82) is 0 Å². The molecular formula is C17H34N2O. The van der Waals surface area contributed by atoms with E-state index in [1.54, 1.807) is 0 Å². The Balaban J connectivity index is 1.89. The lowest BCUT2D eigenvalue weighted by molar-refractivity contribution is -0.00548. The molecule has 0 spiro atoms. The molecule has 3 atom stereocenters. The van der Waals surface area contributed by atoms with E-state index >= 15 is 0 Å². The fourth-order valence-electron chi connectivity index (χ4n) is 4.19. The van der Waals surface area contributed by atoms with Gasteiger partial charge in [0.1, 0.15) is 0 Å². The van der Waals surface area contributed by atoms with E-state index in [1.807, 2.05) is 0 Å². The maximum absolute atomic E-state index is 5.84. The summed E-state index contributed by atoms with van der Waals surface area (Å²) in [6.07, 6.45) is 7.06. The van der Waals surface area contributed by atoms with Crippen molar-refractivity contribution in [3.05, 3.63) is 0 Å². The van der Waals surface area contributed by atoms with E-state index in [9.17, 15) is 0 Å². The maximum atomic E-state index is 5.84. The predicted molar refractivity (Wildman–Crippen MR) is 85.1 cm³/mol. The molecule has 2 rings (SSSR count). The number of likely N-dealkylation sites (tertiary alicyclic amines) is 1. The van der Waals surface area contributed by atoms with Gasteiger partial charge in [-0.15, -0.1) is 0 Å². The van der Waals surface area contributed by atoms with Gasteiger partial charge in [0, 0.05) is 25.7 Å². The van der Waals surface area contributed by atoms with Gasteiger partial charge in [0.25, 0.3) is 0 Å². The Kier molecular flexibility index (Phi) is 5.88. The van der Waals surface area contributed by atoms with Crippen molar-refractivity contribution in [1.82, 2.24) is 10.2 Å². The molecule has 2 aliphatic rings. The predicted octanol–water partition coefficient (Wildman–Crippen LogP) is 2.90. The molecule has 1 N–H and O–H groups in total. The van der Waals surface area contributed by atoms with Crippen molar-refractivity contribution in [3.63, 3.8) is 0 Å². The zero-order valence-electron chi connectivity index (χ0n) is 14.0. The van der Waals surface area contributed by atoms with Gasteiger partial charge in [0.15, 0.2) is 0 Å². The number of hydrogen-bond acceptors (Lipinski definition) is 3. The molecule has 3 heteroatoms. The standard InChI is InChI=1S/C17H34N2O/c1-5-20-15-7-6-10-19(13-15)12-14-11-17(2,3)9-8-16(14)18-4/h14-16,18H,5-13H2,1-4H3. The van der Waals surface area contributed by atoms with Gasteiger partial charge >= 0.3 is 0 Å². The van der Waals surface area contributed by atoms with Gasteiger partial charge < -0.3 is 15.0 Å². The van der Waals surface area contributed by atoms with Crippen LogP contribution in [0.25, 0.3) is 0 Å². The number of nitrogens with zero attached hydrogens (tertiary/aromatic N) is 1. The van der Waals surface area contributed by atoms with Crippen LogP contribution in [-0.2, 0) is 4.74 Å². The first-order chi connectivity index (χ1) is 9.54. The molecule has 1 aliphatic heterocycles. The summed E-state index contributed by atoms with van der Waals surface area (Å²) in [6.45, 7) is 11.5. The Bertz CT molecular complexity index is 291. The summed E-state index contributed by atoms with van der Waals surface area (Å²) in [5.74, 6) is 0.795. The lowest BCUT2D eigenvalue weighted by atomic mass is 9.69. The third kappa shape index (κ3) is 4.44. The van der Waals surface area contributed by atoms with Crippen molar-refractivity contribution >= 4 is 0 Å². The first kappa shape index (κ1) is 16.3. The normalized spacial score (nSPS) is 35.1. The van der Waals surface area contributed by atoms with Gasteiger partial charge in [-0.2, -0.15) is 0 Å². The van der Waals surface area contributed by atoms with Crippen LogP contribution >= 0.6 is 0 Å². The number of piperidine rings is 1. The minimum absolute atomic E-state index is 0.471. The fourth-order valence-corrected chi connectivity index (χ4v) is 4.19. The molecule has 1 saturated carbocycles. The molecule has 1 heterocycles. The van der Waals surface area contributed by atoms with Crippen molar-refractivity contribution in [2.24, 2.45) is 11.3 Å². The highest BCUT2D eigenvalue weighted by Gasteiger charge is 2.35. The molecular weight excluding hydrogens is 248 g/mol. The first-order valence-electron chi connectivity index (χ1n) is 8.55. The third-order valence-electron chi connectivity index (χ3n) is 5.24. The summed E-state index contributed by atoms with van der Waals surface area (Å²) in [4.78, 5) is 2.65. The minimum atomic E-state index is 0.471. The second-order valence-corrected chi connectivity index (χ2v) is 7.54. The zero-order chi connectivity index (χ0) is 14.6. The minimum Gasteiger partial charge on any atom is -0.377 e. The molecule has 0 aromatic rings. The Labute approximate surface area is 125 Å². The number of hydrogen-bond donors (Lipinski definition) is 1. The van der Waals surface area contributed by atoms with Gasteiger partial charge in [-0.3, -0.25) is 0 Å². The molecule has 0 aromatic heterocycles. The van der Waals surface area contributed by atoms with Gasteiger partial charge in [-0.25, -0.2) is 0 Å². The molecule has 3 nitrogen and oxygen atoms in total. The quantitative estimate of drug-likeness (QED) is 0.839. The Hall–Kier alpha value is -0.120. The summed E-state index contributed by atoms with van der Waals surface area (Å²) in [5.41, 5.74) is 0.521. The summed E-state index contributed by atoms with van der Waals surface area (Å²) in [6, 6.07) is 0.704.